The number of benzene rings is 3. The molecule has 0 aliphatic carbocycles. The van der Waals surface area contributed by atoms with E-state index >= 15 is 0 Å². The Morgan fingerprint density at radius 1 is 1.00 bits per heavy atom. The molecule has 1 fully saturated rings. The van der Waals surface area contributed by atoms with Gasteiger partial charge in [0, 0.05) is 8.59 Å². The lowest BCUT2D eigenvalue weighted by molar-refractivity contribution is -0.123. The number of carbonyl (C=O) groups is 2. The van der Waals surface area contributed by atoms with Gasteiger partial charge in [0.2, 0.25) is 0 Å². The van der Waals surface area contributed by atoms with Gasteiger partial charge >= 0.3 is 0 Å². The molecule has 3 aromatic carbocycles. The van der Waals surface area contributed by atoms with Crippen LogP contribution in [0.1, 0.15) is 16.7 Å². The van der Waals surface area contributed by atoms with Gasteiger partial charge in [0.05, 0.1) is 23.6 Å². The van der Waals surface area contributed by atoms with E-state index in [0.29, 0.717) is 38.6 Å². The van der Waals surface area contributed by atoms with E-state index < -0.39 is 0 Å². The third kappa shape index (κ3) is 5.89. The minimum Gasteiger partial charge on any atom is -0.493 e. The first-order chi connectivity index (χ1) is 16.3. The highest BCUT2D eigenvalue weighted by Gasteiger charge is 2.35. The van der Waals surface area contributed by atoms with E-state index in [9.17, 15) is 9.59 Å². The zero-order valence-electron chi connectivity index (χ0n) is 17.9. The van der Waals surface area contributed by atoms with Gasteiger partial charge in [-0.05, 0) is 93.5 Å². The summed E-state index contributed by atoms with van der Waals surface area (Å²) in [4.78, 5) is 26.9. The van der Waals surface area contributed by atoms with Crippen LogP contribution in [0.4, 0.5) is 4.79 Å². The Morgan fingerprint density at radius 3 is 2.35 bits per heavy atom. The van der Waals surface area contributed by atoms with Crippen LogP contribution in [0, 0.1) is 3.57 Å². The quantitative estimate of drug-likeness (QED) is 0.202. The minimum atomic E-state index is -0.362. The average molecular weight is 626 g/mol. The van der Waals surface area contributed by atoms with Gasteiger partial charge in [-0.3, -0.25) is 14.5 Å². The predicted molar refractivity (Wildman–Crippen MR) is 144 cm³/mol. The van der Waals surface area contributed by atoms with Crippen LogP contribution in [-0.4, -0.2) is 23.2 Å². The summed E-state index contributed by atoms with van der Waals surface area (Å²) in [5.41, 5.74) is 2.43. The van der Waals surface area contributed by atoms with Crippen LogP contribution in [-0.2, 0) is 17.9 Å². The molecule has 3 aromatic rings. The van der Waals surface area contributed by atoms with Crippen molar-refractivity contribution in [3.63, 3.8) is 0 Å². The number of nitrogens with zero attached hydrogens (tertiary/aromatic N) is 1. The molecule has 5 nitrogen and oxygen atoms in total. The number of halogens is 3. The molecule has 1 aliphatic rings. The molecule has 0 bridgehead atoms. The number of hydrogen-bond acceptors (Lipinski definition) is 5. The molecule has 9 heteroatoms. The second-order valence-electron chi connectivity index (χ2n) is 7.34. The molecule has 0 N–H and O–H groups in total. The summed E-state index contributed by atoms with van der Waals surface area (Å²) in [6, 6.07) is 18.4. The second-order valence-corrected chi connectivity index (χ2v) is 10.4. The van der Waals surface area contributed by atoms with Crippen molar-refractivity contribution in [2.75, 3.05) is 7.11 Å². The maximum absolute atomic E-state index is 12.9. The molecule has 1 saturated heterocycles. The van der Waals surface area contributed by atoms with Crippen LogP contribution in [0.2, 0.25) is 10.0 Å². The zero-order valence-corrected chi connectivity index (χ0v) is 22.4. The van der Waals surface area contributed by atoms with E-state index in [-0.39, 0.29) is 17.7 Å². The van der Waals surface area contributed by atoms with Gasteiger partial charge in [0.25, 0.3) is 11.1 Å². The molecule has 0 saturated carbocycles. The Hall–Kier alpha value is -2.20. The van der Waals surface area contributed by atoms with E-state index in [1.165, 1.54) is 12.0 Å². The van der Waals surface area contributed by atoms with E-state index in [4.69, 9.17) is 32.7 Å². The van der Waals surface area contributed by atoms with Crippen molar-refractivity contribution in [2.24, 2.45) is 0 Å². The highest BCUT2D eigenvalue weighted by molar-refractivity contribution is 14.1. The lowest BCUT2D eigenvalue weighted by Gasteiger charge is -2.14. The van der Waals surface area contributed by atoms with Gasteiger partial charge in [-0.25, -0.2) is 0 Å². The molecule has 174 valence electrons. The molecule has 1 heterocycles. The van der Waals surface area contributed by atoms with Crippen LogP contribution in [0.25, 0.3) is 6.08 Å². The fraction of sp³-hybridized carbons (Fsp3) is 0.120. The fourth-order valence-corrected chi connectivity index (χ4v) is 4.86. The molecule has 0 atom stereocenters. The lowest BCUT2D eigenvalue weighted by Crippen LogP contribution is -2.27. The van der Waals surface area contributed by atoms with Crippen LogP contribution >= 0.6 is 57.6 Å². The number of ether oxygens (including phenoxy) is 2. The van der Waals surface area contributed by atoms with Gasteiger partial charge in [0.15, 0.2) is 11.5 Å². The van der Waals surface area contributed by atoms with Gasteiger partial charge in [-0.2, -0.15) is 0 Å². The smallest absolute Gasteiger partial charge is 0.293 e. The van der Waals surface area contributed by atoms with Crippen molar-refractivity contribution in [3.8, 4) is 11.5 Å². The standard InChI is InChI=1S/C25H18Cl2INO4S/c1-32-21-11-17(10-20(27)23(21)33-14-16-4-8-19(28)9-5-16)12-22-24(30)29(25(31)34-22)13-15-2-6-18(26)7-3-15/h2-12H,13-14H2,1H3/b22-12+. The second kappa shape index (κ2) is 11.0. The summed E-state index contributed by atoms with van der Waals surface area (Å²) in [5, 5.41) is 0.604. The Kier molecular flexibility index (Phi) is 8.08. The van der Waals surface area contributed by atoms with Crippen LogP contribution in [0.15, 0.2) is 65.6 Å². The zero-order chi connectivity index (χ0) is 24.2. The molecule has 34 heavy (non-hydrogen) atoms. The van der Waals surface area contributed by atoms with Crippen LogP contribution < -0.4 is 9.47 Å². The lowest BCUT2D eigenvalue weighted by atomic mass is 10.1. The molecular weight excluding hydrogens is 608 g/mol. The molecular formula is C25H18Cl2INO4S. The summed E-state index contributed by atoms with van der Waals surface area (Å²) in [7, 11) is 1.52. The molecule has 4 rings (SSSR count). The normalized spacial score (nSPS) is 14.7. The SMILES string of the molecule is COc1cc(/C=C2/SC(=O)N(Cc3ccc(Cl)cc3)C2=O)cc(Cl)c1OCc1ccc(I)cc1. The van der Waals surface area contributed by atoms with Crippen molar-refractivity contribution in [2.45, 2.75) is 13.2 Å². The summed E-state index contributed by atoms with van der Waals surface area (Å²) in [6.07, 6.45) is 1.63. The number of thioether (sulfide) groups is 1. The van der Waals surface area contributed by atoms with Crippen molar-refractivity contribution in [3.05, 3.63) is 95.9 Å². The maximum Gasteiger partial charge on any atom is 0.293 e. The monoisotopic (exact) mass is 625 g/mol. The molecule has 1 aliphatic heterocycles. The summed E-state index contributed by atoms with van der Waals surface area (Å²) in [5.74, 6) is 0.486. The van der Waals surface area contributed by atoms with Crippen molar-refractivity contribution < 1.29 is 19.1 Å². The molecule has 0 radical (unpaired) electrons. The largest absolute Gasteiger partial charge is 0.493 e. The molecule has 2 amide bonds. The Labute approximate surface area is 225 Å². The van der Waals surface area contributed by atoms with Crippen LogP contribution in [0.5, 0.6) is 11.5 Å². The number of rotatable bonds is 7. The third-order valence-corrected chi connectivity index (χ3v) is 7.13. The van der Waals surface area contributed by atoms with E-state index in [1.54, 1.807) is 42.5 Å². The first kappa shape index (κ1) is 24.9. The van der Waals surface area contributed by atoms with E-state index in [0.717, 1.165) is 26.5 Å². The van der Waals surface area contributed by atoms with Crippen LogP contribution in [0.3, 0.4) is 0 Å². The van der Waals surface area contributed by atoms with E-state index in [2.05, 4.69) is 22.6 Å². The first-order valence-corrected chi connectivity index (χ1v) is 12.7. The molecule has 0 unspecified atom stereocenters. The number of methoxy groups -OCH3 is 1. The summed E-state index contributed by atoms with van der Waals surface area (Å²) in [6.45, 7) is 0.504. The number of hydrogen-bond donors (Lipinski definition) is 0. The van der Waals surface area contributed by atoms with Gasteiger partial charge in [-0.15, -0.1) is 0 Å². The van der Waals surface area contributed by atoms with Gasteiger partial charge < -0.3 is 9.47 Å². The van der Waals surface area contributed by atoms with Crippen molar-refractivity contribution in [1.82, 2.24) is 4.90 Å². The third-order valence-electron chi connectivity index (χ3n) is 4.97. The number of carbonyl (C=O) groups excluding carboxylic acids is 2. The minimum absolute atomic E-state index is 0.175. The average Bonchev–Trinajstić information content (AvgIpc) is 3.07. The predicted octanol–water partition coefficient (Wildman–Crippen LogP) is 7.42. The van der Waals surface area contributed by atoms with Crippen molar-refractivity contribution in [1.29, 1.82) is 0 Å². The van der Waals surface area contributed by atoms with Gasteiger partial charge in [-0.1, -0.05) is 47.5 Å². The topological polar surface area (TPSA) is 55.8 Å². The fourth-order valence-electron chi connectivity index (χ4n) is 3.26. The molecule has 0 spiro atoms. The number of amides is 2. The Balaban J connectivity index is 1.52. The molecule has 0 aromatic heterocycles. The Morgan fingerprint density at radius 2 is 1.68 bits per heavy atom. The number of imide groups is 1. The van der Waals surface area contributed by atoms with Gasteiger partial charge in [0.1, 0.15) is 6.61 Å². The van der Waals surface area contributed by atoms with E-state index in [1.807, 2.05) is 24.3 Å². The summed E-state index contributed by atoms with van der Waals surface area (Å²) >= 11 is 15.5. The first-order valence-electron chi connectivity index (χ1n) is 10.1. The highest BCUT2D eigenvalue weighted by atomic mass is 127. The highest BCUT2D eigenvalue weighted by Crippen LogP contribution is 2.39. The van der Waals surface area contributed by atoms with Crippen molar-refractivity contribution >= 4 is 74.8 Å². The summed E-state index contributed by atoms with van der Waals surface area (Å²) < 4.78 is 12.5. The maximum atomic E-state index is 12.9. The Bertz CT molecular complexity index is 1260.